The second-order valence-corrected chi connectivity index (χ2v) is 3.57. The lowest BCUT2D eigenvalue weighted by atomic mass is 10.2. The van der Waals surface area contributed by atoms with E-state index in [1.54, 1.807) is 18.7 Å². The Balaban J connectivity index is 2.14. The number of aromatic carboxylic acids is 1. The van der Waals surface area contributed by atoms with Crippen LogP contribution in [0.5, 0.6) is 0 Å². The number of carboxylic acids is 1. The summed E-state index contributed by atoms with van der Waals surface area (Å²) in [5, 5.41) is 8.85. The molecule has 1 aliphatic heterocycles. The van der Waals surface area contributed by atoms with Crippen LogP contribution in [0.1, 0.15) is 10.5 Å². The lowest BCUT2D eigenvalue weighted by Crippen LogP contribution is -2.52. The first kappa shape index (κ1) is 9.97. The zero-order valence-corrected chi connectivity index (χ0v) is 8.67. The summed E-state index contributed by atoms with van der Waals surface area (Å²) in [6, 6.07) is 0. The molecule has 82 valence electrons. The fraction of sp³-hybridized carbons (Fsp3) is 0.556. The van der Waals surface area contributed by atoms with Crippen molar-refractivity contribution in [1.82, 2.24) is 9.55 Å². The van der Waals surface area contributed by atoms with Crippen LogP contribution < -0.4 is 4.90 Å². The molecule has 1 saturated heterocycles. The number of aromatic nitrogens is 2. The molecule has 0 spiro atoms. The van der Waals surface area contributed by atoms with Crippen LogP contribution in [0.2, 0.25) is 0 Å². The summed E-state index contributed by atoms with van der Waals surface area (Å²) in [6.07, 6.45) is 1.60. The van der Waals surface area contributed by atoms with E-state index in [0.717, 1.165) is 13.1 Å². The van der Waals surface area contributed by atoms with Crippen molar-refractivity contribution in [2.75, 3.05) is 25.1 Å². The van der Waals surface area contributed by atoms with E-state index in [0.29, 0.717) is 5.95 Å². The van der Waals surface area contributed by atoms with E-state index in [4.69, 9.17) is 9.84 Å². The van der Waals surface area contributed by atoms with Gasteiger partial charge in [0, 0.05) is 27.2 Å². The third-order valence-corrected chi connectivity index (χ3v) is 2.65. The van der Waals surface area contributed by atoms with Crippen molar-refractivity contribution in [3.63, 3.8) is 0 Å². The number of carbonyl (C=O) groups is 1. The van der Waals surface area contributed by atoms with Gasteiger partial charge in [-0.05, 0) is 0 Å². The molecule has 0 radical (unpaired) electrons. The topological polar surface area (TPSA) is 67.6 Å². The van der Waals surface area contributed by atoms with Crippen molar-refractivity contribution in [2.24, 2.45) is 7.05 Å². The van der Waals surface area contributed by atoms with Gasteiger partial charge in [0.15, 0.2) is 0 Å². The van der Waals surface area contributed by atoms with Crippen LogP contribution in [-0.4, -0.2) is 46.9 Å². The van der Waals surface area contributed by atoms with E-state index >= 15 is 0 Å². The largest absolute Gasteiger partial charge is 0.477 e. The van der Waals surface area contributed by atoms with Crippen molar-refractivity contribution in [3.05, 3.63) is 11.9 Å². The summed E-state index contributed by atoms with van der Waals surface area (Å²) in [7, 11) is 3.37. The number of imidazole rings is 1. The van der Waals surface area contributed by atoms with Crippen molar-refractivity contribution in [1.29, 1.82) is 0 Å². The van der Waals surface area contributed by atoms with Crippen LogP contribution in [0, 0.1) is 0 Å². The molecule has 6 nitrogen and oxygen atoms in total. The van der Waals surface area contributed by atoms with E-state index in [9.17, 15) is 4.79 Å². The quantitative estimate of drug-likeness (QED) is 0.759. The molecule has 0 aliphatic carbocycles. The predicted molar refractivity (Wildman–Crippen MR) is 53.2 cm³/mol. The maximum atomic E-state index is 10.8. The molecule has 0 saturated carbocycles. The summed E-state index contributed by atoms with van der Waals surface area (Å²) in [6.45, 7) is 1.53. The van der Waals surface area contributed by atoms with Gasteiger partial charge in [-0.25, -0.2) is 9.78 Å². The van der Waals surface area contributed by atoms with Crippen molar-refractivity contribution in [3.8, 4) is 0 Å². The molecule has 1 fully saturated rings. The maximum absolute atomic E-state index is 10.8. The Bertz CT molecular complexity index is 382. The highest BCUT2D eigenvalue weighted by molar-refractivity contribution is 5.86. The van der Waals surface area contributed by atoms with Crippen molar-refractivity contribution >= 4 is 11.9 Å². The van der Waals surface area contributed by atoms with Crippen LogP contribution in [0.4, 0.5) is 5.95 Å². The first-order valence-electron chi connectivity index (χ1n) is 4.66. The number of ether oxygens (including phenoxy) is 1. The molecule has 0 bridgehead atoms. The Kier molecular flexibility index (Phi) is 2.36. The molecule has 2 rings (SSSR count). The fourth-order valence-corrected chi connectivity index (χ4v) is 1.64. The van der Waals surface area contributed by atoms with Gasteiger partial charge in [0.25, 0.3) is 0 Å². The number of rotatable bonds is 3. The number of hydrogen-bond donors (Lipinski definition) is 1. The molecule has 6 heteroatoms. The van der Waals surface area contributed by atoms with Gasteiger partial charge in [0.05, 0.1) is 12.3 Å². The molecule has 1 aliphatic rings. The molecule has 1 aromatic rings. The van der Waals surface area contributed by atoms with E-state index in [1.165, 1.54) is 6.20 Å². The minimum absolute atomic E-state index is 0.200. The van der Waals surface area contributed by atoms with Crippen molar-refractivity contribution < 1.29 is 14.6 Å². The Hall–Kier alpha value is -1.56. The number of carboxylic acid groups (broad SMARTS) is 1. The minimum atomic E-state index is -0.958. The summed E-state index contributed by atoms with van der Waals surface area (Å²) in [5.74, 6) is -0.277. The first-order valence-corrected chi connectivity index (χ1v) is 4.66. The molecular formula is C9H13N3O3. The second kappa shape index (κ2) is 3.54. The van der Waals surface area contributed by atoms with Gasteiger partial charge < -0.3 is 19.3 Å². The normalized spacial score (nSPS) is 16.5. The highest BCUT2D eigenvalue weighted by Crippen LogP contribution is 2.21. The van der Waals surface area contributed by atoms with Gasteiger partial charge in [0.1, 0.15) is 5.69 Å². The van der Waals surface area contributed by atoms with Gasteiger partial charge >= 0.3 is 5.97 Å². The average Bonchev–Trinajstić information content (AvgIpc) is 2.46. The van der Waals surface area contributed by atoms with Crippen LogP contribution in [-0.2, 0) is 11.8 Å². The van der Waals surface area contributed by atoms with E-state index in [-0.39, 0.29) is 11.8 Å². The maximum Gasteiger partial charge on any atom is 0.354 e. The van der Waals surface area contributed by atoms with Crippen LogP contribution in [0.25, 0.3) is 0 Å². The summed E-state index contributed by atoms with van der Waals surface area (Å²) in [4.78, 5) is 16.8. The smallest absolute Gasteiger partial charge is 0.354 e. The zero-order chi connectivity index (χ0) is 11.0. The monoisotopic (exact) mass is 211 g/mol. The third-order valence-electron chi connectivity index (χ3n) is 2.65. The second-order valence-electron chi connectivity index (χ2n) is 3.57. The van der Waals surface area contributed by atoms with Gasteiger partial charge in [-0.2, -0.15) is 0 Å². The van der Waals surface area contributed by atoms with Crippen LogP contribution in [0.3, 0.4) is 0 Å². The number of anilines is 1. The molecular weight excluding hydrogens is 198 g/mol. The third kappa shape index (κ3) is 1.56. The molecule has 0 aromatic carbocycles. The van der Waals surface area contributed by atoms with E-state index in [2.05, 4.69) is 4.98 Å². The molecule has 1 aromatic heterocycles. The van der Waals surface area contributed by atoms with Gasteiger partial charge in [-0.1, -0.05) is 0 Å². The Morgan fingerprint density at radius 3 is 2.80 bits per heavy atom. The standard InChI is InChI=1S/C9H13N3O3/c1-11-7(8(13)14)3-10-9(11)12-4-6(5-12)15-2/h3,6H,4-5H2,1-2H3,(H,13,14). The molecule has 15 heavy (non-hydrogen) atoms. The fourth-order valence-electron chi connectivity index (χ4n) is 1.64. The summed E-state index contributed by atoms with van der Waals surface area (Å²) >= 11 is 0. The average molecular weight is 211 g/mol. The van der Waals surface area contributed by atoms with Gasteiger partial charge in [-0.3, -0.25) is 0 Å². The Morgan fingerprint density at radius 2 is 2.33 bits per heavy atom. The molecule has 0 unspecified atom stereocenters. The van der Waals surface area contributed by atoms with Gasteiger partial charge in [-0.15, -0.1) is 0 Å². The summed E-state index contributed by atoms with van der Waals surface area (Å²) in [5.41, 5.74) is 0.200. The number of methoxy groups -OCH3 is 1. The lowest BCUT2D eigenvalue weighted by molar-refractivity contribution is 0.0685. The highest BCUT2D eigenvalue weighted by Gasteiger charge is 2.30. The minimum Gasteiger partial charge on any atom is -0.477 e. The Labute approximate surface area is 87.1 Å². The van der Waals surface area contributed by atoms with Crippen molar-refractivity contribution in [2.45, 2.75) is 6.10 Å². The first-order chi connectivity index (χ1) is 7.13. The SMILES string of the molecule is COC1CN(c2ncc(C(=O)O)n2C)C1. The summed E-state index contributed by atoms with van der Waals surface area (Å²) < 4.78 is 6.71. The molecule has 0 amide bonds. The van der Waals surface area contributed by atoms with Crippen LogP contribution >= 0.6 is 0 Å². The number of nitrogens with zero attached hydrogens (tertiary/aromatic N) is 3. The molecule has 1 N–H and O–H groups in total. The van der Waals surface area contributed by atoms with E-state index in [1.807, 2.05) is 4.90 Å². The van der Waals surface area contributed by atoms with E-state index < -0.39 is 5.97 Å². The number of hydrogen-bond acceptors (Lipinski definition) is 4. The highest BCUT2D eigenvalue weighted by atomic mass is 16.5. The molecule has 0 atom stereocenters. The lowest BCUT2D eigenvalue weighted by Gasteiger charge is -2.38. The van der Waals surface area contributed by atoms with Crippen LogP contribution in [0.15, 0.2) is 6.20 Å². The molecule has 2 heterocycles. The zero-order valence-electron chi connectivity index (χ0n) is 8.67. The predicted octanol–water partition coefficient (Wildman–Crippen LogP) is -0.0467. The van der Waals surface area contributed by atoms with Gasteiger partial charge in [0.2, 0.25) is 5.95 Å². The Morgan fingerprint density at radius 1 is 1.67 bits per heavy atom.